The highest BCUT2D eigenvalue weighted by atomic mass is 16.7. The molecule has 1 aromatic rings. The van der Waals surface area contributed by atoms with Gasteiger partial charge in [0.15, 0.2) is 12.2 Å². The molecule has 0 saturated carbocycles. The number of hydrogen-bond donors (Lipinski definition) is 1. The van der Waals surface area contributed by atoms with Gasteiger partial charge in [-0.3, -0.25) is 24.0 Å². The molecule has 15 nitrogen and oxygen atoms in total. The van der Waals surface area contributed by atoms with Crippen LogP contribution < -0.4 is 10.1 Å². The van der Waals surface area contributed by atoms with Gasteiger partial charge in [-0.1, -0.05) is 11.2 Å². The van der Waals surface area contributed by atoms with Crippen LogP contribution in [0.4, 0.5) is 5.69 Å². The molecule has 0 spiro atoms. The van der Waals surface area contributed by atoms with Gasteiger partial charge < -0.3 is 33.7 Å². The number of amides is 1. The molecule has 1 aliphatic heterocycles. The van der Waals surface area contributed by atoms with E-state index in [1.807, 2.05) is 0 Å². The Morgan fingerprint density at radius 3 is 2.16 bits per heavy atom. The molecule has 3 unspecified atom stereocenters. The summed E-state index contributed by atoms with van der Waals surface area (Å²) in [6.45, 7) is 3.63. The first kappa shape index (κ1) is 28.9. The van der Waals surface area contributed by atoms with Gasteiger partial charge in [0.2, 0.25) is 18.3 Å². The summed E-state index contributed by atoms with van der Waals surface area (Å²) in [5, 5.41) is 5.68. The SMILES string of the molecule is CC(=O)OCC1O[C@H](Oc2cccc(NC(=O)CN=[N+]=[N-])c2)C(OC(C)=O)C(OC(C)=O)[C@H]1OC(C)=O. The smallest absolute Gasteiger partial charge is 0.303 e. The van der Waals surface area contributed by atoms with Crippen LogP contribution in [0.2, 0.25) is 0 Å². The van der Waals surface area contributed by atoms with E-state index in [0.717, 1.165) is 27.7 Å². The normalized spacial score (nSPS) is 22.4. The largest absolute Gasteiger partial charge is 0.463 e. The molecule has 37 heavy (non-hydrogen) atoms. The highest BCUT2D eigenvalue weighted by Gasteiger charge is 2.53. The number of carbonyl (C=O) groups is 5. The van der Waals surface area contributed by atoms with Crippen LogP contribution in [0.5, 0.6) is 5.75 Å². The van der Waals surface area contributed by atoms with E-state index < -0.39 is 73.6 Å². The lowest BCUT2D eigenvalue weighted by atomic mass is 9.98. The molecule has 0 radical (unpaired) electrons. The Bertz CT molecular complexity index is 1070. The van der Waals surface area contributed by atoms with Gasteiger partial charge in [0.05, 0.1) is 0 Å². The Labute approximate surface area is 210 Å². The minimum absolute atomic E-state index is 0.127. The molecule has 5 atom stereocenters. The fourth-order valence-electron chi connectivity index (χ4n) is 3.36. The number of nitrogens with one attached hydrogen (secondary N) is 1. The van der Waals surface area contributed by atoms with E-state index in [2.05, 4.69) is 15.3 Å². The number of nitrogens with zero attached hydrogens (tertiary/aromatic N) is 3. The summed E-state index contributed by atoms with van der Waals surface area (Å²) in [4.78, 5) is 61.4. The van der Waals surface area contributed by atoms with Crippen LogP contribution in [-0.4, -0.2) is 73.6 Å². The molecular weight excluding hydrogens is 496 g/mol. The van der Waals surface area contributed by atoms with Crippen molar-refractivity contribution in [1.29, 1.82) is 0 Å². The molecule has 0 bridgehead atoms. The van der Waals surface area contributed by atoms with Gasteiger partial charge in [0.1, 0.15) is 25.0 Å². The zero-order valence-electron chi connectivity index (χ0n) is 20.4. The van der Waals surface area contributed by atoms with Crippen molar-refractivity contribution in [1.82, 2.24) is 0 Å². The third-order valence-electron chi connectivity index (χ3n) is 4.60. The lowest BCUT2D eigenvalue weighted by Gasteiger charge is -2.43. The first-order chi connectivity index (χ1) is 17.5. The molecule has 1 saturated heterocycles. The maximum atomic E-state index is 11.9. The predicted molar refractivity (Wildman–Crippen MR) is 122 cm³/mol. The van der Waals surface area contributed by atoms with E-state index in [1.54, 1.807) is 0 Å². The topological polar surface area (TPSA) is 202 Å². The molecule has 200 valence electrons. The van der Waals surface area contributed by atoms with Crippen molar-refractivity contribution in [3.8, 4) is 5.75 Å². The number of carbonyl (C=O) groups excluding carboxylic acids is 5. The quantitative estimate of drug-likeness (QED) is 0.153. The average Bonchev–Trinajstić information content (AvgIpc) is 2.79. The van der Waals surface area contributed by atoms with E-state index >= 15 is 0 Å². The van der Waals surface area contributed by atoms with Crippen LogP contribution in [-0.2, 0) is 47.7 Å². The third kappa shape index (κ3) is 9.31. The van der Waals surface area contributed by atoms with E-state index in [1.165, 1.54) is 24.3 Å². The number of anilines is 1. The van der Waals surface area contributed by atoms with E-state index in [4.69, 9.17) is 34.0 Å². The Hall–Kier alpha value is -4.36. The molecule has 15 heteroatoms. The number of azide groups is 1. The fraction of sp³-hybridized carbons (Fsp3) is 0.500. The van der Waals surface area contributed by atoms with Gasteiger partial charge in [-0.05, 0) is 17.7 Å². The summed E-state index contributed by atoms with van der Waals surface area (Å²) in [5.41, 5.74) is 8.63. The standard InChI is InChI=1S/C22H26N4O11/c1-11(27)32-10-17-19(33-12(2)28)20(34-13(3)29)21(35-14(4)30)22(37-17)36-16-7-5-6-15(8-16)25-18(31)9-24-26-23/h5-8,17,19-22H,9-10H2,1-4H3,(H,25,31)/t17?,19-,20?,21?,22-/m0/s1. The summed E-state index contributed by atoms with van der Waals surface area (Å²) in [6, 6.07) is 5.97. The summed E-state index contributed by atoms with van der Waals surface area (Å²) >= 11 is 0. The molecule has 1 heterocycles. The van der Waals surface area contributed by atoms with Crippen LogP contribution in [0.3, 0.4) is 0 Å². The van der Waals surface area contributed by atoms with Crippen LogP contribution in [0.25, 0.3) is 10.4 Å². The monoisotopic (exact) mass is 522 g/mol. The number of benzene rings is 1. The van der Waals surface area contributed by atoms with Crippen molar-refractivity contribution in [3.05, 3.63) is 34.7 Å². The first-order valence-corrected chi connectivity index (χ1v) is 10.9. The minimum Gasteiger partial charge on any atom is -0.463 e. The molecule has 0 aromatic heterocycles. The molecule has 1 aromatic carbocycles. The molecule has 1 amide bonds. The van der Waals surface area contributed by atoms with Crippen LogP contribution in [0, 0.1) is 0 Å². The first-order valence-electron chi connectivity index (χ1n) is 10.9. The molecule has 0 aliphatic carbocycles. The highest BCUT2D eigenvalue weighted by Crippen LogP contribution is 2.31. The summed E-state index contributed by atoms with van der Waals surface area (Å²) in [7, 11) is 0. The van der Waals surface area contributed by atoms with E-state index in [9.17, 15) is 24.0 Å². The fourth-order valence-corrected chi connectivity index (χ4v) is 3.36. The average molecular weight is 522 g/mol. The molecular formula is C22H26N4O11. The predicted octanol–water partition coefficient (Wildman–Crippen LogP) is 1.40. The van der Waals surface area contributed by atoms with Crippen molar-refractivity contribution < 1.29 is 52.4 Å². The number of rotatable bonds is 10. The number of esters is 4. The maximum absolute atomic E-state index is 11.9. The van der Waals surface area contributed by atoms with Gasteiger partial charge in [0.25, 0.3) is 0 Å². The Morgan fingerprint density at radius 1 is 0.946 bits per heavy atom. The molecule has 1 fully saturated rings. The van der Waals surface area contributed by atoms with Gasteiger partial charge in [-0.25, -0.2) is 0 Å². The second-order valence-electron chi connectivity index (χ2n) is 7.65. The Balaban J connectivity index is 2.41. The summed E-state index contributed by atoms with van der Waals surface area (Å²) < 4.78 is 32.7. The van der Waals surface area contributed by atoms with Crippen molar-refractivity contribution in [2.75, 3.05) is 18.5 Å². The third-order valence-corrected chi connectivity index (χ3v) is 4.60. The van der Waals surface area contributed by atoms with Crippen LogP contribution >= 0.6 is 0 Å². The second kappa shape index (κ2) is 13.7. The lowest BCUT2D eigenvalue weighted by Crippen LogP contribution is -2.63. The van der Waals surface area contributed by atoms with Gasteiger partial charge >= 0.3 is 23.9 Å². The van der Waals surface area contributed by atoms with Crippen molar-refractivity contribution in [2.24, 2.45) is 5.11 Å². The maximum Gasteiger partial charge on any atom is 0.303 e. The summed E-state index contributed by atoms with van der Waals surface area (Å²) in [5.74, 6) is -3.43. The molecule has 2 rings (SSSR count). The zero-order chi connectivity index (χ0) is 27.5. The zero-order valence-corrected chi connectivity index (χ0v) is 20.4. The minimum atomic E-state index is -1.44. The number of ether oxygens (including phenoxy) is 6. The Kier molecular flexibility index (Phi) is 10.7. The van der Waals surface area contributed by atoms with Gasteiger partial charge in [-0.2, -0.15) is 0 Å². The van der Waals surface area contributed by atoms with Crippen molar-refractivity contribution >= 4 is 35.5 Å². The highest BCUT2D eigenvalue weighted by molar-refractivity contribution is 5.92. The van der Waals surface area contributed by atoms with Crippen molar-refractivity contribution in [2.45, 2.75) is 58.4 Å². The van der Waals surface area contributed by atoms with Gasteiger partial charge in [-0.15, -0.1) is 0 Å². The molecule has 1 N–H and O–H groups in total. The van der Waals surface area contributed by atoms with Crippen LogP contribution in [0.1, 0.15) is 27.7 Å². The number of hydrogen-bond acceptors (Lipinski definition) is 12. The Morgan fingerprint density at radius 2 is 1.57 bits per heavy atom. The van der Waals surface area contributed by atoms with Crippen molar-refractivity contribution in [3.63, 3.8) is 0 Å². The van der Waals surface area contributed by atoms with Gasteiger partial charge in [0, 0.05) is 44.4 Å². The van der Waals surface area contributed by atoms with E-state index in [0.29, 0.717) is 0 Å². The summed E-state index contributed by atoms with van der Waals surface area (Å²) in [6.07, 6.45) is -6.74. The second-order valence-corrected chi connectivity index (χ2v) is 7.65. The molecule has 1 aliphatic rings. The van der Waals surface area contributed by atoms with Crippen LogP contribution in [0.15, 0.2) is 29.4 Å². The lowest BCUT2D eigenvalue weighted by molar-refractivity contribution is -0.288. The van der Waals surface area contributed by atoms with E-state index in [-0.39, 0.29) is 11.4 Å².